The number of rotatable bonds is 3. The number of hydrogen-bond acceptors (Lipinski definition) is 3. The quantitative estimate of drug-likeness (QED) is 0.581. The van der Waals surface area contributed by atoms with Crippen molar-refractivity contribution in [1.29, 1.82) is 0 Å². The molecule has 0 unspecified atom stereocenters. The summed E-state index contributed by atoms with van der Waals surface area (Å²) < 4.78 is 5.23. The Bertz CT molecular complexity index is 151. The molecule has 0 spiro atoms. The summed E-state index contributed by atoms with van der Waals surface area (Å²) in [5.74, 6) is 0. The van der Waals surface area contributed by atoms with Crippen LogP contribution in [0.2, 0.25) is 0 Å². The van der Waals surface area contributed by atoms with Crippen molar-refractivity contribution in [3.8, 4) is 0 Å². The van der Waals surface area contributed by atoms with Gasteiger partial charge in [-0.3, -0.25) is 0 Å². The lowest BCUT2D eigenvalue weighted by molar-refractivity contribution is -0.122. The van der Waals surface area contributed by atoms with Crippen molar-refractivity contribution < 1.29 is 9.53 Å². The van der Waals surface area contributed by atoms with E-state index >= 15 is 0 Å². The van der Waals surface area contributed by atoms with Crippen LogP contribution in [-0.4, -0.2) is 45.0 Å². The van der Waals surface area contributed by atoms with Crippen LogP contribution in [0.15, 0.2) is 0 Å². The minimum absolute atomic E-state index is 0.137. The summed E-state index contributed by atoms with van der Waals surface area (Å²) in [7, 11) is 4.00. The normalized spacial score (nSPS) is 22.6. The molecule has 0 radical (unpaired) electrons. The van der Waals surface area contributed by atoms with Crippen LogP contribution in [0.4, 0.5) is 0 Å². The molecule has 1 aliphatic rings. The van der Waals surface area contributed by atoms with Crippen molar-refractivity contribution >= 4 is 6.29 Å². The van der Waals surface area contributed by atoms with Gasteiger partial charge in [0.25, 0.3) is 0 Å². The second kappa shape index (κ2) is 4.01. The number of nitrogens with zero attached hydrogens (tertiary/aromatic N) is 1. The molecular formula is C9H17NO2. The fraction of sp³-hybridized carbons (Fsp3) is 0.889. The largest absolute Gasteiger partial charge is 0.381 e. The van der Waals surface area contributed by atoms with Gasteiger partial charge in [0.1, 0.15) is 6.29 Å². The van der Waals surface area contributed by atoms with Gasteiger partial charge in [0, 0.05) is 25.2 Å². The lowest BCUT2D eigenvalue weighted by atomic mass is 9.81. The molecule has 1 fully saturated rings. The topological polar surface area (TPSA) is 29.5 Å². The fourth-order valence-corrected chi connectivity index (χ4v) is 1.72. The molecule has 0 aromatic heterocycles. The van der Waals surface area contributed by atoms with E-state index in [4.69, 9.17) is 4.74 Å². The van der Waals surface area contributed by atoms with Gasteiger partial charge in [0.15, 0.2) is 0 Å². The summed E-state index contributed by atoms with van der Waals surface area (Å²) in [6.07, 6.45) is 2.85. The second-order valence-electron chi connectivity index (χ2n) is 3.83. The number of aldehydes is 1. The van der Waals surface area contributed by atoms with Gasteiger partial charge >= 0.3 is 0 Å². The highest BCUT2D eigenvalue weighted by Crippen LogP contribution is 2.28. The predicted octanol–water partition coefficient (Wildman–Crippen LogP) is 0.544. The Morgan fingerprint density at radius 2 is 2.00 bits per heavy atom. The Morgan fingerprint density at radius 1 is 1.42 bits per heavy atom. The van der Waals surface area contributed by atoms with E-state index in [1.165, 1.54) is 0 Å². The lowest BCUT2D eigenvalue weighted by Gasteiger charge is -2.34. The van der Waals surface area contributed by atoms with E-state index in [2.05, 4.69) is 4.90 Å². The van der Waals surface area contributed by atoms with Crippen molar-refractivity contribution in [2.45, 2.75) is 12.8 Å². The van der Waals surface area contributed by atoms with Crippen LogP contribution in [0.5, 0.6) is 0 Å². The lowest BCUT2D eigenvalue weighted by Crippen LogP contribution is -2.39. The van der Waals surface area contributed by atoms with E-state index in [0.29, 0.717) is 0 Å². The zero-order chi connectivity index (χ0) is 9.03. The van der Waals surface area contributed by atoms with Gasteiger partial charge in [-0.1, -0.05) is 0 Å². The molecule has 1 saturated heterocycles. The SMILES string of the molecule is CN(C)CC1(C=O)CCOCC1. The summed E-state index contributed by atoms with van der Waals surface area (Å²) in [4.78, 5) is 13.0. The summed E-state index contributed by atoms with van der Waals surface area (Å²) in [5.41, 5.74) is -0.137. The van der Waals surface area contributed by atoms with Crippen molar-refractivity contribution in [2.75, 3.05) is 33.9 Å². The third-order valence-electron chi connectivity index (χ3n) is 2.37. The van der Waals surface area contributed by atoms with Gasteiger partial charge in [-0.25, -0.2) is 0 Å². The van der Waals surface area contributed by atoms with Crippen LogP contribution in [0.1, 0.15) is 12.8 Å². The second-order valence-corrected chi connectivity index (χ2v) is 3.83. The van der Waals surface area contributed by atoms with E-state index in [1.54, 1.807) is 0 Å². The maximum absolute atomic E-state index is 10.9. The van der Waals surface area contributed by atoms with Crippen molar-refractivity contribution in [1.82, 2.24) is 4.90 Å². The maximum Gasteiger partial charge on any atom is 0.127 e. The zero-order valence-electron chi connectivity index (χ0n) is 7.88. The van der Waals surface area contributed by atoms with Gasteiger partial charge < -0.3 is 14.4 Å². The number of carbonyl (C=O) groups is 1. The number of hydrogen-bond donors (Lipinski definition) is 0. The molecule has 0 atom stereocenters. The van der Waals surface area contributed by atoms with Crippen LogP contribution >= 0.6 is 0 Å². The average molecular weight is 171 g/mol. The Labute approximate surface area is 73.7 Å². The zero-order valence-corrected chi connectivity index (χ0v) is 7.88. The minimum Gasteiger partial charge on any atom is -0.381 e. The molecule has 70 valence electrons. The first-order chi connectivity index (χ1) is 5.68. The Hall–Kier alpha value is -0.410. The molecule has 0 aromatic rings. The van der Waals surface area contributed by atoms with E-state index in [1.807, 2.05) is 14.1 Å². The Morgan fingerprint density at radius 3 is 2.42 bits per heavy atom. The first kappa shape index (κ1) is 9.68. The first-order valence-electron chi connectivity index (χ1n) is 4.37. The summed E-state index contributed by atoms with van der Waals surface area (Å²) in [6.45, 7) is 2.30. The fourth-order valence-electron chi connectivity index (χ4n) is 1.72. The Balaban J connectivity index is 2.53. The first-order valence-corrected chi connectivity index (χ1v) is 4.37. The highest BCUT2D eigenvalue weighted by atomic mass is 16.5. The molecule has 0 amide bonds. The van der Waals surface area contributed by atoms with Crippen molar-refractivity contribution in [3.63, 3.8) is 0 Å². The van der Waals surface area contributed by atoms with Gasteiger partial charge in [0.2, 0.25) is 0 Å². The molecule has 3 nitrogen and oxygen atoms in total. The number of ether oxygens (including phenoxy) is 1. The Kier molecular flexibility index (Phi) is 3.23. The third kappa shape index (κ3) is 2.29. The molecule has 1 heterocycles. The van der Waals surface area contributed by atoms with E-state index in [9.17, 15) is 4.79 Å². The van der Waals surface area contributed by atoms with Gasteiger partial charge in [-0.05, 0) is 26.9 Å². The molecule has 0 saturated carbocycles. The standard InChI is InChI=1S/C9H17NO2/c1-10(2)7-9(8-11)3-5-12-6-4-9/h8H,3-7H2,1-2H3. The van der Waals surface area contributed by atoms with E-state index in [-0.39, 0.29) is 5.41 Å². The van der Waals surface area contributed by atoms with Crippen molar-refractivity contribution in [3.05, 3.63) is 0 Å². The predicted molar refractivity (Wildman–Crippen MR) is 47.1 cm³/mol. The summed E-state index contributed by atoms with van der Waals surface area (Å²) in [6, 6.07) is 0. The van der Waals surface area contributed by atoms with Gasteiger partial charge in [-0.2, -0.15) is 0 Å². The molecule has 12 heavy (non-hydrogen) atoms. The average Bonchev–Trinajstić information content (AvgIpc) is 2.05. The molecule has 1 rings (SSSR count). The molecule has 0 N–H and O–H groups in total. The van der Waals surface area contributed by atoms with Crippen LogP contribution in [-0.2, 0) is 9.53 Å². The highest BCUT2D eigenvalue weighted by molar-refractivity contribution is 5.60. The summed E-state index contributed by atoms with van der Waals surface area (Å²) >= 11 is 0. The molecule has 0 aliphatic carbocycles. The van der Waals surface area contributed by atoms with Crippen LogP contribution in [0.3, 0.4) is 0 Å². The molecule has 0 aromatic carbocycles. The van der Waals surface area contributed by atoms with E-state index in [0.717, 1.165) is 38.9 Å². The highest BCUT2D eigenvalue weighted by Gasteiger charge is 2.32. The smallest absolute Gasteiger partial charge is 0.127 e. The van der Waals surface area contributed by atoms with Crippen LogP contribution in [0.25, 0.3) is 0 Å². The van der Waals surface area contributed by atoms with Gasteiger partial charge in [0.05, 0.1) is 0 Å². The maximum atomic E-state index is 10.9. The van der Waals surface area contributed by atoms with Crippen LogP contribution < -0.4 is 0 Å². The minimum atomic E-state index is -0.137. The third-order valence-corrected chi connectivity index (χ3v) is 2.37. The van der Waals surface area contributed by atoms with Crippen LogP contribution in [0, 0.1) is 5.41 Å². The monoisotopic (exact) mass is 171 g/mol. The molecule has 0 bridgehead atoms. The molecule has 3 heteroatoms. The van der Waals surface area contributed by atoms with Gasteiger partial charge in [-0.15, -0.1) is 0 Å². The summed E-state index contributed by atoms with van der Waals surface area (Å²) in [5, 5.41) is 0. The van der Waals surface area contributed by atoms with Crippen molar-refractivity contribution in [2.24, 2.45) is 5.41 Å². The van der Waals surface area contributed by atoms with E-state index < -0.39 is 0 Å². The molecule has 1 aliphatic heterocycles. The molecular weight excluding hydrogens is 154 g/mol. The number of carbonyl (C=O) groups excluding carboxylic acids is 1.